The molecule has 2 heterocycles. The molecule has 0 atom stereocenters. The van der Waals surface area contributed by atoms with Crippen molar-refractivity contribution in [3.63, 3.8) is 0 Å². The Balaban J connectivity index is 1.44. The van der Waals surface area contributed by atoms with Gasteiger partial charge < -0.3 is 9.15 Å². The summed E-state index contributed by atoms with van der Waals surface area (Å²) in [5.41, 5.74) is 3.67. The summed E-state index contributed by atoms with van der Waals surface area (Å²) in [7, 11) is 0. The number of hydrogen-bond acceptors (Lipinski definition) is 6. The van der Waals surface area contributed by atoms with Gasteiger partial charge in [-0.3, -0.25) is 4.79 Å². The number of para-hydroxylation sites is 1. The van der Waals surface area contributed by atoms with E-state index in [0.717, 1.165) is 31.7 Å². The van der Waals surface area contributed by atoms with Crippen molar-refractivity contribution in [3.05, 3.63) is 74.6 Å². The zero-order valence-corrected chi connectivity index (χ0v) is 16.5. The number of fused-ring (bicyclic) bond motifs is 2. The molecule has 0 radical (unpaired) electrons. The van der Waals surface area contributed by atoms with Gasteiger partial charge in [0.2, 0.25) is 0 Å². The largest absolute Gasteiger partial charge is 0.461 e. The number of nitrogens with zero attached hydrogens (tertiary/aromatic N) is 1. The third-order valence-corrected chi connectivity index (χ3v) is 5.88. The number of aromatic nitrogens is 1. The summed E-state index contributed by atoms with van der Waals surface area (Å²) in [6.45, 7) is 3.92. The van der Waals surface area contributed by atoms with Gasteiger partial charge in [0.15, 0.2) is 0 Å². The first-order valence-corrected chi connectivity index (χ1v) is 9.86. The number of hydrogen-bond donors (Lipinski definition) is 0. The van der Waals surface area contributed by atoms with E-state index in [1.807, 2.05) is 50.2 Å². The summed E-state index contributed by atoms with van der Waals surface area (Å²) in [4.78, 5) is 28.6. The summed E-state index contributed by atoms with van der Waals surface area (Å²) < 4.78 is 11.9. The molecule has 0 unspecified atom stereocenters. The molecule has 5 nitrogen and oxygen atoms in total. The van der Waals surface area contributed by atoms with Crippen molar-refractivity contribution < 1.29 is 13.9 Å². The van der Waals surface area contributed by atoms with Crippen molar-refractivity contribution in [1.29, 1.82) is 0 Å². The monoisotopic (exact) mass is 393 g/mol. The number of ether oxygens (including phenoxy) is 1. The Morgan fingerprint density at radius 3 is 2.82 bits per heavy atom. The second-order valence-corrected chi connectivity index (χ2v) is 7.83. The molecular weight excluding hydrogens is 374 g/mol. The van der Waals surface area contributed by atoms with Gasteiger partial charge in [0.05, 0.1) is 21.6 Å². The Kier molecular flexibility index (Phi) is 4.96. The summed E-state index contributed by atoms with van der Waals surface area (Å²) in [6.07, 6.45) is 0.783. The Bertz CT molecular complexity index is 1210. The molecule has 0 aliphatic heterocycles. The van der Waals surface area contributed by atoms with E-state index in [9.17, 15) is 9.59 Å². The van der Waals surface area contributed by atoms with E-state index in [-0.39, 0.29) is 19.0 Å². The molecule has 2 aromatic heterocycles. The molecule has 4 rings (SSSR count). The first-order chi connectivity index (χ1) is 13.5. The molecule has 0 amide bonds. The predicted molar refractivity (Wildman–Crippen MR) is 110 cm³/mol. The zero-order chi connectivity index (χ0) is 19.7. The standard InChI is InChI=1S/C22H19NO4S/c1-13-7-8-16-15(11-21(25)27-22(16)14(13)2)12-26-20(24)10-9-19-23-17-5-3-4-6-18(17)28-19/h3-8,11H,9-10,12H2,1-2H3. The van der Waals surface area contributed by atoms with E-state index >= 15 is 0 Å². The van der Waals surface area contributed by atoms with Crippen LogP contribution in [0.1, 0.15) is 28.1 Å². The van der Waals surface area contributed by atoms with E-state index in [1.54, 1.807) is 11.3 Å². The maximum absolute atomic E-state index is 12.2. The summed E-state index contributed by atoms with van der Waals surface area (Å²) in [5.74, 6) is -0.315. The zero-order valence-electron chi connectivity index (χ0n) is 15.7. The normalized spacial score (nSPS) is 11.2. The van der Waals surface area contributed by atoms with Gasteiger partial charge in [-0.15, -0.1) is 11.3 Å². The summed E-state index contributed by atoms with van der Waals surface area (Å²) in [5, 5.41) is 1.71. The van der Waals surface area contributed by atoms with E-state index in [4.69, 9.17) is 9.15 Å². The minimum absolute atomic E-state index is 0.0449. The van der Waals surface area contributed by atoms with Gasteiger partial charge in [0, 0.05) is 23.4 Å². The van der Waals surface area contributed by atoms with E-state index in [1.165, 1.54) is 6.07 Å². The topological polar surface area (TPSA) is 69.4 Å². The lowest BCUT2D eigenvalue weighted by molar-refractivity contribution is -0.144. The molecule has 6 heteroatoms. The van der Waals surface area contributed by atoms with Crippen LogP contribution in [0, 0.1) is 13.8 Å². The quantitative estimate of drug-likeness (QED) is 0.363. The number of thiazole rings is 1. The fraction of sp³-hybridized carbons (Fsp3) is 0.227. The molecule has 0 bridgehead atoms. The average Bonchev–Trinajstić information content (AvgIpc) is 3.10. The Morgan fingerprint density at radius 2 is 2.00 bits per heavy atom. The van der Waals surface area contributed by atoms with Crippen LogP contribution in [0.15, 0.2) is 51.7 Å². The number of aryl methyl sites for hydroxylation is 3. The minimum Gasteiger partial charge on any atom is -0.461 e. The number of rotatable bonds is 5. The summed E-state index contributed by atoms with van der Waals surface area (Å²) in [6, 6.07) is 13.2. The van der Waals surface area contributed by atoms with Crippen molar-refractivity contribution in [2.24, 2.45) is 0 Å². The molecule has 0 spiro atoms. The molecule has 0 aliphatic carbocycles. The van der Waals surface area contributed by atoms with Crippen LogP contribution in [0.4, 0.5) is 0 Å². The van der Waals surface area contributed by atoms with Gasteiger partial charge >= 0.3 is 11.6 Å². The first kappa shape index (κ1) is 18.4. The lowest BCUT2D eigenvalue weighted by atomic mass is 10.0. The third kappa shape index (κ3) is 3.68. The summed E-state index contributed by atoms with van der Waals surface area (Å²) >= 11 is 1.59. The van der Waals surface area contributed by atoms with E-state index in [0.29, 0.717) is 17.6 Å². The van der Waals surface area contributed by atoms with Crippen LogP contribution in [0.25, 0.3) is 21.2 Å². The average molecular weight is 393 g/mol. The van der Waals surface area contributed by atoms with Crippen molar-refractivity contribution in [3.8, 4) is 0 Å². The molecule has 0 N–H and O–H groups in total. The highest BCUT2D eigenvalue weighted by molar-refractivity contribution is 7.18. The number of benzene rings is 2. The van der Waals surface area contributed by atoms with Crippen molar-refractivity contribution in [2.45, 2.75) is 33.3 Å². The van der Waals surface area contributed by atoms with Crippen molar-refractivity contribution >= 4 is 38.5 Å². The van der Waals surface area contributed by atoms with Crippen LogP contribution in [0.3, 0.4) is 0 Å². The third-order valence-electron chi connectivity index (χ3n) is 4.79. The molecular formula is C22H19NO4S. The van der Waals surface area contributed by atoms with Crippen LogP contribution >= 0.6 is 11.3 Å². The van der Waals surface area contributed by atoms with E-state index < -0.39 is 5.63 Å². The number of carbonyl (C=O) groups excluding carboxylic acids is 1. The number of carbonyl (C=O) groups is 1. The Hall–Kier alpha value is -2.99. The van der Waals surface area contributed by atoms with Crippen molar-refractivity contribution in [2.75, 3.05) is 0 Å². The smallest absolute Gasteiger partial charge is 0.336 e. The fourth-order valence-corrected chi connectivity index (χ4v) is 4.08. The van der Waals surface area contributed by atoms with Gasteiger partial charge in [0.1, 0.15) is 12.2 Å². The lowest BCUT2D eigenvalue weighted by Gasteiger charge is -2.09. The van der Waals surface area contributed by atoms with Gasteiger partial charge in [-0.1, -0.05) is 24.3 Å². The van der Waals surface area contributed by atoms with Gasteiger partial charge in [-0.2, -0.15) is 0 Å². The second kappa shape index (κ2) is 7.56. The van der Waals surface area contributed by atoms with E-state index in [2.05, 4.69) is 4.98 Å². The molecule has 0 saturated carbocycles. The van der Waals surface area contributed by atoms with Gasteiger partial charge in [-0.25, -0.2) is 9.78 Å². The molecule has 0 fully saturated rings. The maximum atomic E-state index is 12.2. The molecule has 142 valence electrons. The lowest BCUT2D eigenvalue weighted by Crippen LogP contribution is -2.08. The number of esters is 1. The highest BCUT2D eigenvalue weighted by Crippen LogP contribution is 2.24. The van der Waals surface area contributed by atoms with Crippen LogP contribution < -0.4 is 5.63 Å². The fourth-order valence-electron chi connectivity index (χ4n) is 3.11. The molecule has 0 aliphatic rings. The van der Waals surface area contributed by atoms with Crippen LogP contribution in [0.5, 0.6) is 0 Å². The van der Waals surface area contributed by atoms with Crippen LogP contribution in [-0.2, 0) is 22.6 Å². The van der Waals surface area contributed by atoms with Crippen LogP contribution in [0.2, 0.25) is 0 Å². The molecule has 0 saturated heterocycles. The second-order valence-electron chi connectivity index (χ2n) is 6.71. The maximum Gasteiger partial charge on any atom is 0.336 e. The van der Waals surface area contributed by atoms with Gasteiger partial charge in [0.25, 0.3) is 0 Å². The Labute approximate surface area is 165 Å². The Morgan fingerprint density at radius 1 is 1.18 bits per heavy atom. The van der Waals surface area contributed by atoms with Crippen molar-refractivity contribution in [1.82, 2.24) is 4.98 Å². The predicted octanol–water partition coefficient (Wildman–Crippen LogP) is 4.70. The first-order valence-electron chi connectivity index (χ1n) is 9.04. The van der Waals surface area contributed by atoms with Crippen LogP contribution in [-0.4, -0.2) is 11.0 Å². The minimum atomic E-state index is -0.443. The molecule has 28 heavy (non-hydrogen) atoms. The van der Waals surface area contributed by atoms with Gasteiger partial charge in [-0.05, 0) is 37.1 Å². The SMILES string of the molecule is Cc1ccc2c(COC(=O)CCc3nc4ccccc4s3)cc(=O)oc2c1C. The highest BCUT2D eigenvalue weighted by Gasteiger charge is 2.12. The molecule has 4 aromatic rings. The highest BCUT2D eigenvalue weighted by atomic mass is 32.1. The molecule has 2 aromatic carbocycles.